The SMILES string of the molecule is CCCCC/C(C(=O)OC)=C(\CC(C)(C)C)C(=O)OC. The number of methoxy groups -OCH3 is 2. The second-order valence-corrected chi connectivity index (χ2v) is 6.13. The van der Waals surface area contributed by atoms with E-state index in [0.29, 0.717) is 24.0 Å². The quantitative estimate of drug-likeness (QED) is 0.407. The molecule has 0 aromatic heterocycles. The molecule has 0 atom stereocenters. The number of hydrogen-bond acceptors (Lipinski definition) is 4. The fraction of sp³-hybridized carbons (Fsp3) is 0.750. The van der Waals surface area contributed by atoms with Crippen molar-refractivity contribution in [2.45, 2.75) is 59.8 Å². The van der Waals surface area contributed by atoms with Gasteiger partial charge in [0.25, 0.3) is 0 Å². The Bertz CT molecular complexity index is 361. The molecule has 0 heterocycles. The minimum atomic E-state index is -0.433. The van der Waals surface area contributed by atoms with Gasteiger partial charge >= 0.3 is 11.9 Å². The summed E-state index contributed by atoms with van der Waals surface area (Å²) in [6, 6.07) is 0. The Morgan fingerprint density at radius 2 is 1.40 bits per heavy atom. The lowest BCUT2D eigenvalue weighted by molar-refractivity contribution is -0.139. The van der Waals surface area contributed by atoms with Gasteiger partial charge in [-0.05, 0) is 24.7 Å². The van der Waals surface area contributed by atoms with Crippen molar-refractivity contribution >= 4 is 11.9 Å². The van der Waals surface area contributed by atoms with Gasteiger partial charge in [-0.1, -0.05) is 40.5 Å². The molecular formula is C16H28O4. The molecule has 4 heteroatoms. The molecule has 0 aliphatic rings. The van der Waals surface area contributed by atoms with Crippen molar-refractivity contribution in [3.05, 3.63) is 11.1 Å². The third kappa shape index (κ3) is 6.73. The van der Waals surface area contributed by atoms with Crippen LogP contribution in [0, 0.1) is 5.41 Å². The molecule has 0 radical (unpaired) electrons. The molecule has 0 unspecified atom stereocenters. The summed E-state index contributed by atoms with van der Waals surface area (Å²) < 4.78 is 9.66. The number of carbonyl (C=O) groups is 2. The van der Waals surface area contributed by atoms with Gasteiger partial charge < -0.3 is 9.47 Å². The lowest BCUT2D eigenvalue weighted by atomic mass is 9.85. The van der Waals surface area contributed by atoms with Gasteiger partial charge in [0, 0.05) is 11.1 Å². The van der Waals surface area contributed by atoms with Crippen LogP contribution in [-0.4, -0.2) is 26.2 Å². The van der Waals surface area contributed by atoms with Crippen LogP contribution in [0.25, 0.3) is 0 Å². The summed E-state index contributed by atoms with van der Waals surface area (Å²) in [5.74, 6) is -0.859. The topological polar surface area (TPSA) is 52.6 Å². The van der Waals surface area contributed by atoms with Gasteiger partial charge in [0.05, 0.1) is 14.2 Å². The number of ether oxygens (including phenoxy) is 2. The third-order valence-corrected chi connectivity index (χ3v) is 2.97. The van der Waals surface area contributed by atoms with Crippen LogP contribution in [-0.2, 0) is 19.1 Å². The highest BCUT2D eigenvalue weighted by molar-refractivity contribution is 6.00. The first-order valence-corrected chi connectivity index (χ1v) is 7.15. The van der Waals surface area contributed by atoms with Crippen LogP contribution in [0.2, 0.25) is 0 Å². The second kappa shape index (κ2) is 8.77. The fourth-order valence-electron chi connectivity index (χ4n) is 2.01. The molecule has 0 saturated carbocycles. The van der Waals surface area contributed by atoms with E-state index in [1.807, 2.05) is 20.8 Å². The number of carbonyl (C=O) groups excluding carboxylic acids is 2. The maximum Gasteiger partial charge on any atom is 0.334 e. The van der Waals surface area contributed by atoms with Crippen LogP contribution < -0.4 is 0 Å². The molecule has 0 spiro atoms. The molecule has 0 saturated heterocycles. The standard InChI is InChI=1S/C16H28O4/c1-7-8-9-10-12(14(17)19-5)13(15(18)20-6)11-16(2,3)4/h7-11H2,1-6H3/b13-12-. The Labute approximate surface area is 122 Å². The Morgan fingerprint density at radius 3 is 1.80 bits per heavy atom. The van der Waals surface area contributed by atoms with E-state index in [2.05, 4.69) is 6.92 Å². The van der Waals surface area contributed by atoms with Gasteiger partial charge in [0.1, 0.15) is 0 Å². The fourth-order valence-corrected chi connectivity index (χ4v) is 2.01. The summed E-state index contributed by atoms with van der Waals surface area (Å²) in [4.78, 5) is 24.0. The zero-order valence-corrected chi connectivity index (χ0v) is 13.7. The number of unbranched alkanes of at least 4 members (excludes halogenated alkanes) is 2. The van der Waals surface area contributed by atoms with E-state index >= 15 is 0 Å². The smallest absolute Gasteiger partial charge is 0.334 e. The van der Waals surface area contributed by atoms with Crippen LogP contribution in [0.3, 0.4) is 0 Å². The van der Waals surface area contributed by atoms with Crippen molar-refractivity contribution in [3.63, 3.8) is 0 Å². The van der Waals surface area contributed by atoms with Crippen LogP contribution in [0.5, 0.6) is 0 Å². The predicted molar refractivity (Wildman–Crippen MR) is 79.3 cm³/mol. The Balaban J connectivity index is 5.47. The van der Waals surface area contributed by atoms with Gasteiger partial charge in [0.2, 0.25) is 0 Å². The molecule has 0 bridgehead atoms. The molecule has 0 N–H and O–H groups in total. The van der Waals surface area contributed by atoms with Crippen LogP contribution in [0.4, 0.5) is 0 Å². The molecule has 0 rings (SSSR count). The highest BCUT2D eigenvalue weighted by Crippen LogP contribution is 2.29. The third-order valence-electron chi connectivity index (χ3n) is 2.97. The summed E-state index contributed by atoms with van der Waals surface area (Å²) in [6.45, 7) is 8.17. The van der Waals surface area contributed by atoms with Crippen molar-refractivity contribution in [3.8, 4) is 0 Å². The normalized spacial score (nSPS) is 12.7. The molecule has 116 valence electrons. The predicted octanol–water partition coefficient (Wildman–Crippen LogP) is 3.65. The van der Waals surface area contributed by atoms with E-state index in [1.54, 1.807) is 0 Å². The van der Waals surface area contributed by atoms with Crippen LogP contribution >= 0.6 is 0 Å². The summed E-state index contributed by atoms with van der Waals surface area (Å²) in [6.07, 6.45) is 3.99. The number of hydrogen-bond donors (Lipinski definition) is 0. The van der Waals surface area contributed by atoms with Crippen molar-refractivity contribution in [1.82, 2.24) is 0 Å². The first kappa shape index (κ1) is 18.7. The molecule has 0 amide bonds. The number of esters is 2. The molecule has 0 aromatic rings. The summed E-state index contributed by atoms with van der Waals surface area (Å²) in [5.41, 5.74) is 0.804. The maximum atomic E-state index is 12.0. The molecule has 0 fully saturated rings. The average molecular weight is 284 g/mol. The monoisotopic (exact) mass is 284 g/mol. The number of rotatable bonds is 7. The van der Waals surface area contributed by atoms with Gasteiger partial charge in [-0.2, -0.15) is 0 Å². The summed E-state index contributed by atoms with van der Waals surface area (Å²) in [7, 11) is 2.68. The average Bonchev–Trinajstić information content (AvgIpc) is 2.38. The highest BCUT2D eigenvalue weighted by atomic mass is 16.5. The van der Waals surface area contributed by atoms with E-state index in [9.17, 15) is 9.59 Å². The zero-order valence-electron chi connectivity index (χ0n) is 13.7. The van der Waals surface area contributed by atoms with Gasteiger partial charge in [0.15, 0.2) is 0 Å². The molecule has 0 aromatic carbocycles. The molecule has 4 nitrogen and oxygen atoms in total. The van der Waals surface area contributed by atoms with Crippen molar-refractivity contribution in [2.24, 2.45) is 5.41 Å². The van der Waals surface area contributed by atoms with E-state index < -0.39 is 11.9 Å². The Morgan fingerprint density at radius 1 is 0.900 bits per heavy atom. The van der Waals surface area contributed by atoms with E-state index in [-0.39, 0.29) is 5.41 Å². The lowest BCUT2D eigenvalue weighted by Gasteiger charge is -2.21. The largest absolute Gasteiger partial charge is 0.466 e. The molecule has 0 aliphatic carbocycles. The van der Waals surface area contributed by atoms with Gasteiger partial charge in [-0.15, -0.1) is 0 Å². The maximum absolute atomic E-state index is 12.0. The van der Waals surface area contributed by atoms with Crippen LogP contribution in [0.15, 0.2) is 11.1 Å². The summed E-state index contributed by atoms with van der Waals surface area (Å²) >= 11 is 0. The first-order valence-electron chi connectivity index (χ1n) is 7.15. The Kier molecular flexibility index (Phi) is 8.19. The van der Waals surface area contributed by atoms with E-state index in [0.717, 1.165) is 19.3 Å². The minimum Gasteiger partial charge on any atom is -0.466 e. The van der Waals surface area contributed by atoms with Crippen molar-refractivity contribution < 1.29 is 19.1 Å². The van der Waals surface area contributed by atoms with Gasteiger partial charge in [-0.25, -0.2) is 9.59 Å². The Hall–Kier alpha value is -1.32. The zero-order chi connectivity index (χ0) is 15.8. The summed E-state index contributed by atoms with van der Waals surface area (Å²) in [5, 5.41) is 0. The van der Waals surface area contributed by atoms with Crippen molar-refractivity contribution in [2.75, 3.05) is 14.2 Å². The van der Waals surface area contributed by atoms with Crippen molar-refractivity contribution in [1.29, 1.82) is 0 Å². The van der Waals surface area contributed by atoms with Crippen LogP contribution in [0.1, 0.15) is 59.8 Å². The minimum absolute atomic E-state index is 0.104. The molecule has 0 aliphatic heterocycles. The van der Waals surface area contributed by atoms with E-state index in [4.69, 9.17) is 9.47 Å². The van der Waals surface area contributed by atoms with Gasteiger partial charge in [-0.3, -0.25) is 0 Å². The van der Waals surface area contributed by atoms with E-state index in [1.165, 1.54) is 14.2 Å². The second-order valence-electron chi connectivity index (χ2n) is 6.13. The molecule has 20 heavy (non-hydrogen) atoms. The first-order chi connectivity index (χ1) is 9.26. The molecular weight excluding hydrogens is 256 g/mol. The lowest BCUT2D eigenvalue weighted by Crippen LogP contribution is -2.19. The highest BCUT2D eigenvalue weighted by Gasteiger charge is 2.26.